The van der Waals surface area contributed by atoms with E-state index in [-0.39, 0.29) is 5.91 Å². The average molecular weight is 326 g/mol. The lowest BCUT2D eigenvalue weighted by molar-refractivity contribution is 0.0750. The summed E-state index contributed by atoms with van der Waals surface area (Å²) >= 11 is 3.50. The number of rotatable bonds is 7. The highest BCUT2D eigenvalue weighted by Crippen LogP contribution is 2.20. The number of halogens is 1. The van der Waals surface area contributed by atoms with Gasteiger partial charge in [-0.15, -0.1) is 0 Å². The van der Waals surface area contributed by atoms with Gasteiger partial charge in [0, 0.05) is 17.6 Å². The molecule has 0 saturated heterocycles. The van der Waals surface area contributed by atoms with Crippen LogP contribution < -0.4 is 0 Å². The lowest BCUT2D eigenvalue weighted by Gasteiger charge is -2.23. The van der Waals surface area contributed by atoms with Gasteiger partial charge in [-0.25, -0.2) is 0 Å². The number of aryl methyl sites for hydroxylation is 1. The molecular weight excluding hydrogens is 302 g/mol. The lowest BCUT2D eigenvalue weighted by Crippen LogP contribution is -2.33. The third-order valence-electron chi connectivity index (χ3n) is 3.21. The van der Waals surface area contributed by atoms with Crippen LogP contribution in [0.1, 0.15) is 55.5 Å². The summed E-state index contributed by atoms with van der Waals surface area (Å²) in [5, 5.41) is 0. The highest BCUT2D eigenvalue weighted by atomic mass is 79.9. The molecule has 1 rings (SSSR count). The molecular formula is C16H24BrNO. The van der Waals surface area contributed by atoms with Crippen molar-refractivity contribution in [3.63, 3.8) is 0 Å². The minimum Gasteiger partial charge on any atom is -0.339 e. The van der Waals surface area contributed by atoms with E-state index in [1.54, 1.807) is 0 Å². The summed E-state index contributed by atoms with van der Waals surface area (Å²) in [5.74, 6) is 0.147. The Morgan fingerprint density at radius 1 is 1.16 bits per heavy atom. The third-order valence-corrected chi connectivity index (χ3v) is 3.86. The van der Waals surface area contributed by atoms with Gasteiger partial charge in [0.2, 0.25) is 0 Å². The minimum atomic E-state index is 0.147. The summed E-state index contributed by atoms with van der Waals surface area (Å²) in [5.41, 5.74) is 1.94. The SMILES string of the molecule is CCCCN(CCCC)C(=O)c1ccc(C)cc1Br. The zero-order valence-corrected chi connectivity index (χ0v) is 13.8. The number of unbranched alkanes of at least 4 members (excludes halogenated alkanes) is 2. The molecule has 19 heavy (non-hydrogen) atoms. The van der Waals surface area contributed by atoms with Gasteiger partial charge in [0.05, 0.1) is 5.56 Å². The Morgan fingerprint density at radius 3 is 2.21 bits per heavy atom. The Bertz CT molecular complexity index is 409. The quantitative estimate of drug-likeness (QED) is 0.705. The van der Waals surface area contributed by atoms with E-state index in [9.17, 15) is 4.79 Å². The molecule has 0 N–H and O–H groups in total. The van der Waals surface area contributed by atoms with Crippen molar-refractivity contribution < 1.29 is 4.79 Å². The predicted octanol–water partition coefficient (Wildman–Crippen LogP) is 4.80. The summed E-state index contributed by atoms with van der Waals surface area (Å²) < 4.78 is 0.899. The van der Waals surface area contributed by atoms with E-state index in [1.165, 1.54) is 0 Å². The van der Waals surface area contributed by atoms with E-state index in [0.717, 1.165) is 54.4 Å². The largest absolute Gasteiger partial charge is 0.339 e. The van der Waals surface area contributed by atoms with E-state index < -0.39 is 0 Å². The number of hydrogen-bond donors (Lipinski definition) is 0. The molecule has 1 aromatic carbocycles. The number of carbonyl (C=O) groups is 1. The number of nitrogens with zero attached hydrogens (tertiary/aromatic N) is 1. The number of amides is 1. The van der Waals surface area contributed by atoms with Gasteiger partial charge >= 0.3 is 0 Å². The van der Waals surface area contributed by atoms with Crippen molar-refractivity contribution in [2.45, 2.75) is 46.5 Å². The first-order chi connectivity index (χ1) is 9.10. The van der Waals surface area contributed by atoms with Crippen LogP contribution in [0.25, 0.3) is 0 Å². The molecule has 0 aliphatic rings. The standard InChI is InChI=1S/C16H24BrNO/c1-4-6-10-18(11-7-5-2)16(19)14-9-8-13(3)12-15(14)17/h8-9,12H,4-7,10-11H2,1-3H3. The van der Waals surface area contributed by atoms with Crippen LogP contribution >= 0.6 is 15.9 Å². The number of hydrogen-bond acceptors (Lipinski definition) is 1. The van der Waals surface area contributed by atoms with Crippen LogP contribution in [0.15, 0.2) is 22.7 Å². The highest BCUT2D eigenvalue weighted by molar-refractivity contribution is 9.10. The average Bonchev–Trinajstić information content (AvgIpc) is 2.38. The summed E-state index contributed by atoms with van der Waals surface area (Å²) in [4.78, 5) is 14.6. The van der Waals surface area contributed by atoms with Crippen LogP contribution in [0.2, 0.25) is 0 Å². The van der Waals surface area contributed by atoms with Crippen molar-refractivity contribution in [2.75, 3.05) is 13.1 Å². The van der Waals surface area contributed by atoms with Gasteiger partial charge in [0.1, 0.15) is 0 Å². The maximum Gasteiger partial charge on any atom is 0.254 e. The van der Waals surface area contributed by atoms with E-state index in [2.05, 4.69) is 29.8 Å². The fourth-order valence-corrected chi connectivity index (χ4v) is 2.64. The van der Waals surface area contributed by atoms with E-state index in [4.69, 9.17) is 0 Å². The molecule has 0 aromatic heterocycles. The molecule has 0 saturated carbocycles. The first-order valence-electron chi connectivity index (χ1n) is 7.15. The Morgan fingerprint density at radius 2 is 1.74 bits per heavy atom. The molecule has 106 valence electrons. The molecule has 0 unspecified atom stereocenters. The van der Waals surface area contributed by atoms with Crippen LogP contribution in [0.4, 0.5) is 0 Å². The van der Waals surface area contributed by atoms with E-state index in [0.29, 0.717) is 0 Å². The van der Waals surface area contributed by atoms with Crippen LogP contribution in [0.5, 0.6) is 0 Å². The molecule has 1 amide bonds. The molecule has 2 nitrogen and oxygen atoms in total. The molecule has 0 radical (unpaired) electrons. The fourth-order valence-electron chi connectivity index (χ4n) is 1.98. The molecule has 0 spiro atoms. The minimum absolute atomic E-state index is 0.147. The van der Waals surface area contributed by atoms with E-state index in [1.807, 2.05) is 30.0 Å². The maximum absolute atomic E-state index is 12.6. The summed E-state index contributed by atoms with van der Waals surface area (Å²) in [6.07, 6.45) is 4.37. The molecule has 0 aliphatic heterocycles. The van der Waals surface area contributed by atoms with Crippen molar-refractivity contribution in [1.82, 2.24) is 4.90 Å². The van der Waals surface area contributed by atoms with Crippen LogP contribution in [0, 0.1) is 6.92 Å². The first kappa shape index (κ1) is 16.2. The zero-order chi connectivity index (χ0) is 14.3. The Labute approximate surface area is 125 Å². The molecule has 0 bridgehead atoms. The van der Waals surface area contributed by atoms with Crippen molar-refractivity contribution in [2.24, 2.45) is 0 Å². The topological polar surface area (TPSA) is 20.3 Å². The van der Waals surface area contributed by atoms with E-state index >= 15 is 0 Å². The maximum atomic E-state index is 12.6. The summed E-state index contributed by atoms with van der Waals surface area (Å²) in [7, 11) is 0. The van der Waals surface area contributed by atoms with Crippen molar-refractivity contribution in [1.29, 1.82) is 0 Å². The third kappa shape index (κ3) is 4.98. The number of carbonyl (C=O) groups excluding carboxylic acids is 1. The molecule has 3 heteroatoms. The Hall–Kier alpha value is -0.830. The molecule has 0 atom stereocenters. The highest BCUT2D eigenvalue weighted by Gasteiger charge is 2.17. The zero-order valence-electron chi connectivity index (χ0n) is 12.2. The van der Waals surface area contributed by atoms with Crippen molar-refractivity contribution >= 4 is 21.8 Å². The first-order valence-corrected chi connectivity index (χ1v) is 7.94. The van der Waals surface area contributed by atoms with Crippen LogP contribution in [0.3, 0.4) is 0 Å². The van der Waals surface area contributed by atoms with Crippen LogP contribution in [-0.2, 0) is 0 Å². The van der Waals surface area contributed by atoms with Gasteiger partial charge in [-0.3, -0.25) is 4.79 Å². The van der Waals surface area contributed by atoms with Gasteiger partial charge in [0.25, 0.3) is 5.91 Å². The van der Waals surface area contributed by atoms with Gasteiger partial charge in [0.15, 0.2) is 0 Å². The fraction of sp³-hybridized carbons (Fsp3) is 0.562. The molecule has 0 fully saturated rings. The van der Waals surface area contributed by atoms with Crippen molar-refractivity contribution in [3.8, 4) is 0 Å². The normalized spacial score (nSPS) is 10.5. The smallest absolute Gasteiger partial charge is 0.254 e. The molecule has 0 heterocycles. The second-order valence-corrected chi connectivity index (χ2v) is 5.84. The number of benzene rings is 1. The Balaban J connectivity index is 2.84. The van der Waals surface area contributed by atoms with Gasteiger partial charge in [-0.1, -0.05) is 32.8 Å². The molecule has 0 aliphatic carbocycles. The summed E-state index contributed by atoms with van der Waals surface area (Å²) in [6.45, 7) is 8.06. The molecule has 1 aromatic rings. The van der Waals surface area contributed by atoms with Crippen LogP contribution in [-0.4, -0.2) is 23.9 Å². The van der Waals surface area contributed by atoms with Crippen molar-refractivity contribution in [3.05, 3.63) is 33.8 Å². The second kappa shape index (κ2) is 8.36. The van der Waals surface area contributed by atoms with Gasteiger partial charge in [-0.2, -0.15) is 0 Å². The second-order valence-electron chi connectivity index (χ2n) is 4.98. The lowest BCUT2D eigenvalue weighted by atomic mass is 10.1. The van der Waals surface area contributed by atoms with Gasteiger partial charge < -0.3 is 4.90 Å². The monoisotopic (exact) mass is 325 g/mol. The summed E-state index contributed by atoms with van der Waals surface area (Å²) in [6, 6.07) is 5.92. The van der Waals surface area contributed by atoms with Gasteiger partial charge in [-0.05, 0) is 53.4 Å². The Kier molecular flexibility index (Phi) is 7.14. The predicted molar refractivity (Wildman–Crippen MR) is 84.6 cm³/mol.